The third kappa shape index (κ3) is 4.77. The van der Waals surface area contributed by atoms with Gasteiger partial charge in [-0.15, -0.1) is 0 Å². The first-order valence-electron chi connectivity index (χ1n) is 4.85. The van der Waals surface area contributed by atoms with Gasteiger partial charge in [0.2, 0.25) is 0 Å². The third-order valence-electron chi connectivity index (χ3n) is 2.10. The molecule has 0 saturated carbocycles. The molecule has 0 saturated heterocycles. The van der Waals surface area contributed by atoms with Crippen LogP contribution in [0.2, 0.25) is 12.2 Å². The van der Waals surface area contributed by atoms with Gasteiger partial charge in [-0.05, 0) is 12.1 Å². The fourth-order valence-corrected chi connectivity index (χ4v) is 5.21. The first kappa shape index (κ1) is 11.4. The van der Waals surface area contributed by atoms with Gasteiger partial charge in [-0.3, -0.25) is 0 Å². The lowest BCUT2D eigenvalue weighted by Gasteiger charge is -2.30. The van der Waals surface area contributed by atoms with Crippen molar-refractivity contribution >= 4 is 19.2 Å². The summed E-state index contributed by atoms with van der Waals surface area (Å²) in [5.41, 5.74) is 1.61. The summed E-state index contributed by atoms with van der Waals surface area (Å²) in [6.45, 7) is 11.7. The zero-order valence-electron chi connectivity index (χ0n) is 8.72. The Hall–Kier alpha value is 0.394. The van der Waals surface area contributed by atoms with Crippen molar-refractivity contribution in [3.05, 3.63) is 0 Å². The second-order valence-electron chi connectivity index (χ2n) is 3.78. The molecule has 0 aromatic carbocycles. The Kier molecular flexibility index (Phi) is 6.18. The van der Waals surface area contributed by atoms with Crippen LogP contribution in [0, 0.1) is 0 Å². The molecule has 0 bridgehead atoms. The number of hydrogen-bond donors (Lipinski definition) is 0. The van der Waals surface area contributed by atoms with Gasteiger partial charge in [0, 0.05) is 9.52 Å². The van der Waals surface area contributed by atoms with E-state index in [9.17, 15) is 0 Å². The van der Waals surface area contributed by atoms with E-state index < -0.39 is 0 Å². The largest absolute Gasteiger partial charge is 0.325 e. The van der Waals surface area contributed by atoms with Crippen molar-refractivity contribution in [3.8, 4) is 0 Å². The molecule has 0 amide bonds. The topological polar surface area (TPSA) is 3.24 Å². The zero-order chi connectivity index (χ0) is 8.85. The van der Waals surface area contributed by atoms with E-state index in [4.69, 9.17) is 0 Å². The molecule has 0 fully saturated rings. The predicted molar refractivity (Wildman–Crippen MR) is 59.9 cm³/mol. The number of hydrogen-bond acceptors (Lipinski definition) is 1. The first-order chi connectivity index (χ1) is 5.09. The minimum Gasteiger partial charge on any atom is -0.325 e. The van der Waals surface area contributed by atoms with Gasteiger partial charge in [0.1, 0.15) is 0 Å². The molecule has 11 heavy (non-hydrogen) atoms. The van der Waals surface area contributed by atoms with E-state index in [0.29, 0.717) is 9.52 Å². The molecule has 3 heteroatoms. The van der Waals surface area contributed by atoms with E-state index in [2.05, 4.69) is 38.8 Å². The van der Waals surface area contributed by atoms with Gasteiger partial charge in [-0.1, -0.05) is 39.9 Å². The highest BCUT2D eigenvalue weighted by atomic mass is 28.3. The molecule has 0 radical (unpaired) electrons. The van der Waals surface area contributed by atoms with Crippen molar-refractivity contribution in [2.24, 2.45) is 0 Å². The predicted octanol–water partition coefficient (Wildman–Crippen LogP) is 0.782. The molecule has 68 valence electrons. The summed E-state index contributed by atoms with van der Waals surface area (Å²) in [5, 5.41) is 0. The molecule has 0 heterocycles. The van der Waals surface area contributed by atoms with Crippen LogP contribution in [0.4, 0.5) is 0 Å². The Morgan fingerprint density at radius 3 is 1.82 bits per heavy atom. The minimum atomic E-state index is 0.125. The summed E-state index contributed by atoms with van der Waals surface area (Å²) in [5.74, 6) is 0. The Labute approximate surface area is 76.3 Å². The Morgan fingerprint density at radius 1 is 1.09 bits per heavy atom. The lowest BCUT2D eigenvalue weighted by Crippen LogP contribution is -2.40. The minimum absolute atomic E-state index is 0.125. The van der Waals surface area contributed by atoms with Crippen LogP contribution in [0.1, 0.15) is 27.7 Å². The molecular formula is C8H23NSi2. The lowest BCUT2D eigenvalue weighted by molar-refractivity contribution is 0.313. The van der Waals surface area contributed by atoms with Crippen molar-refractivity contribution in [2.45, 2.75) is 52.0 Å². The number of rotatable bonds is 5. The van der Waals surface area contributed by atoms with E-state index in [0.717, 1.165) is 12.1 Å². The van der Waals surface area contributed by atoms with Crippen LogP contribution in [0.3, 0.4) is 0 Å². The fraction of sp³-hybridized carbons (Fsp3) is 1.00. The average Bonchev–Trinajstić information content (AvgIpc) is 1.87. The van der Waals surface area contributed by atoms with Gasteiger partial charge in [0.15, 0.2) is 0 Å². The molecule has 0 atom stereocenters. The maximum absolute atomic E-state index is 2.72. The monoisotopic (exact) mass is 189 g/mol. The van der Waals surface area contributed by atoms with E-state index in [1.165, 1.54) is 0 Å². The summed E-state index contributed by atoms with van der Waals surface area (Å²) in [6.07, 6.45) is 0. The van der Waals surface area contributed by atoms with Gasteiger partial charge in [0.25, 0.3) is 0 Å². The van der Waals surface area contributed by atoms with Crippen molar-refractivity contribution in [1.29, 1.82) is 0 Å². The fourth-order valence-electron chi connectivity index (χ4n) is 1.45. The van der Waals surface area contributed by atoms with Crippen molar-refractivity contribution in [2.75, 3.05) is 0 Å². The summed E-state index contributed by atoms with van der Waals surface area (Å²) >= 11 is 0. The summed E-state index contributed by atoms with van der Waals surface area (Å²) in [6, 6.07) is 1.56. The Morgan fingerprint density at radius 2 is 1.55 bits per heavy atom. The van der Waals surface area contributed by atoms with Crippen molar-refractivity contribution < 1.29 is 0 Å². The van der Waals surface area contributed by atoms with Crippen LogP contribution in [0.25, 0.3) is 0 Å². The molecule has 0 spiro atoms. The summed E-state index contributed by atoms with van der Waals surface area (Å²) < 4.78 is 2.72. The molecule has 0 aromatic heterocycles. The molecule has 0 N–H and O–H groups in total. The van der Waals surface area contributed by atoms with Gasteiger partial charge in [-0.25, -0.2) is 0 Å². The summed E-state index contributed by atoms with van der Waals surface area (Å²) in [7, 11) is 0.453. The van der Waals surface area contributed by atoms with Crippen molar-refractivity contribution in [1.82, 2.24) is 4.57 Å². The normalized spacial score (nSPS) is 14.2. The van der Waals surface area contributed by atoms with E-state index >= 15 is 0 Å². The van der Waals surface area contributed by atoms with Crippen LogP contribution in [-0.4, -0.2) is 35.8 Å². The molecule has 0 aromatic rings. The van der Waals surface area contributed by atoms with Gasteiger partial charge in [0.05, 0.1) is 9.68 Å². The molecular weight excluding hydrogens is 166 g/mol. The molecule has 0 aliphatic rings. The lowest BCUT2D eigenvalue weighted by atomic mass is 10.3. The second kappa shape index (κ2) is 5.97. The molecule has 0 unspecified atom stereocenters. The molecule has 0 rings (SSSR count). The van der Waals surface area contributed by atoms with Crippen LogP contribution in [0.15, 0.2) is 0 Å². The summed E-state index contributed by atoms with van der Waals surface area (Å²) in [4.78, 5) is 0. The van der Waals surface area contributed by atoms with E-state index in [-0.39, 0.29) is 9.68 Å². The first-order valence-corrected chi connectivity index (χ1v) is 8.90. The van der Waals surface area contributed by atoms with Gasteiger partial charge >= 0.3 is 0 Å². The zero-order valence-corrected chi connectivity index (χ0v) is 11.6. The maximum Gasteiger partial charge on any atom is 0.0925 e. The van der Waals surface area contributed by atoms with E-state index in [1.807, 2.05) is 0 Å². The highest BCUT2D eigenvalue weighted by Crippen LogP contribution is 2.03. The molecule has 0 aliphatic carbocycles. The Balaban J connectivity index is 3.70. The Bertz CT molecular complexity index is 86.1. The average molecular weight is 189 g/mol. The van der Waals surface area contributed by atoms with Crippen molar-refractivity contribution in [3.63, 3.8) is 0 Å². The highest BCUT2D eigenvalue weighted by Gasteiger charge is 2.11. The third-order valence-corrected chi connectivity index (χ3v) is 8.17. The SMILES string of the molecule is C[SiH2]C[SiH2]N(C(C)C)C(C)C. The smallest absolute Gasteiger partial charge is 0.0925 e. The van der Waals surface area contributed by atoms with Crippen LogP contribution < -0.4 is 0 Å². The second-order valence-corrected chi connectivity index (χ2v) is 8.78. The quantitative estimate of drug-likeness (QED) is 0.578. The maximum atomic E-state index is 2.72. The van der Waals surface area contributed by atoms with Crippen LogP contribution in [-0.2, 0) is 0 Å². The number of nitrogens with zero attached hydrogens (tertiary/aromatic N) is 1. The van der Waals surface area contributed by atoms with Crippen LogP contribution >= 0.6 is 0 Å². The molecule has 1 nitrogen and oxygen atoms in total. The molecule has 0 aliphatic heterocycles. The van der Waals surface area contributed by atoms with Gasteiger partial charge < -0.3 is 4.57 Å². The van der Waals surface area contributed by atoms with Crippen LogP contribution in [0.5, 0.6) is 0 Å². The standard InChI is InChI=1S/C8H23NSi2/c1-7(2)9(8(3)4)11-6-10-5/h7-8H,6,10-11H2,1-5H3. The highest BCUT2D eigenvalue weighted by molar-refractivity contribution is 6.53. The van der Waals surface area contributed by atoms with E-state index in [1.54, 1.807) is 5.67 Å². The van der Waals surface area contributed by atoms with Gasteiger partial charge in [-0.2, -0.15) is 0 Å².